The van der Waals surface area contributed by atoms with Gasteiger partial charge in [-0.05, 0) is 49.4 Å². The summed E-state index contributed by atoms with van der Waals surface area (Å²) in [6.07, 6.45) is 4.13. The molecule has 1 aromatic heterocycles. The fourth-order valence-electron chi connectivity index (χ4n) is 2.13. The molecule has 0 aliphatic heterocycles. The third kappa shape index (κ3) is 3.29. The highest BCUT2D eigenvalue weighted by Crippen LogP contribution is 2.33. The summed E-state index contributed by atoms with van der Waals surface area (Å²) in [5.41, 5.74) is 3.24. The van der Waals surface area contributed by atoms with Crippen molar-refractivity contribution in [3.8, 4) is 16.3 Å². The topological polar surface area (TPSA) is 34.2 Å². The average Bonchev–Trinajstić information content (AvgIpc) is 2.98. The Hall–Kier alpha value is -1.90. The predicted molar refractivity (Wildman–Crippen MR) is 98.7 cm³/mol. The van der Waals surface area contributed by atoms with Gasteiger partial charge in [-0.3, -0.25) is 0 Å². The minimum Gasteiger partial charge on any atom is -0.480 e. The Morgan fingerprint density at radius 3 is 2.77 bits per heavy atom. The van der Waals surface area contributed by atoms with Gasteiger partial charge in [0.15, 0.2) is 0 Å². The zero-order chi connectivity index (χ0) is 15.4. The first-order chi connectivity index (χ1) is 10.8. The van der Waals surface area contributed by atoms with Crippen LogP contribution < -0.4 is 9.84 Å². The first-order valence-electron chi connectivity index (χ1n) is 7.03. The molecule has 1 atom stereocenters. The molecule has 1 heterocycles. The minimum absolute atomic E-state index is 0.830. The number of anilines is 1. The molecule has 0 saturated carbocycles. The first-order valence-corrected chi connectivity index (χ1v) is 8.32. The van der Waals surface area contributed by atoms with Crippen LogP contribution in [0.2, 0.25) is 0 Å². The molecule has 112 valence electrons. The van der Waals surface area contributed by atoms with Gasteiger partial charge >= 0.3 is 0 Å². The summed E-state index contributed by atoms with van der Waals surface area (Å²) in [6, 6.07) is 14.3. The highest BCUT2D eigenvalue weighted by molar-refractivity contribution is 7.21. The lowest BCUT2D eigenvalue weighted by atomic mass is 10.2. The van der Waals surface area contributed by atoms with Gasteiger partial charge in [-0.2, -0.15) is 0 Å². The van der Waals surface area contributed by atoms with Gasteiger partial charge in [0.05, 0.1) is 19.7 Å². The smallest absolute Gasteiger partial charge is 0.124 e. The number of thiazole rings is 1. The lowest BCUT2D eigenvalue weighted by Crippen LogP contribution is -1.97. The number of nitrogens with zero attached hydrogens (tertiary/aromatic N) is 1. The Labute approximate surface area is 136 Å². The van der Waals surface area contributed by atoms with Gasteiger partial charge in [-0.15, -0.1) is 11.3 Å². The van der Waals surface area contributed by atoms with E-state index < -0.39 is 0 Å². The number of hydrogen-bond acceptors (Lipinski definition) is 4. The molecule has 5 heteroatoms. The van der Waals surface area contributed by atoms with Crippen molar-refractivity contribution in [3.63, 3.8) is 0 Å². The number of rotatable bonds is 5. The van der Waals surface area contributed by atoms with Crippen molar-refractivity contribution in [2.75, 3.05) is 11.9 Å². The van der Waals surface area contributed by atoms with Gasteiger partial charge < -0.3 is 9.84 Å². The van der Waals surface area contributed by atoms with Gasteiger partial charge in [0, 0.05) is 17.8 Å². The maximum absolute atomic E-state index is 5.18. The Bertz CT molecular complexity index is 796. The van der Waals surface area contributed by atoms with Crippen molar-refractivity contribution in [2.45, 2.75) is 6.92 Å². The van der Waals surface area contributed by atoms with E-state index in [0.717, 1.165) is 38.8 Å². The highest BCUT2D eigenvalue weighted by atomic mass is 32.1. The fourth-order valence-corrected chi connectivity index (χ4v) is 3.27. The van der Waals surface area contributed by atoms with E-state index in [2.05, 4.69) is 50.1 Å². The molecule has 0 saturated heterocycles. The van der Waals surface area contributed by atoms with E-state index in [4.69, 9.17) is 4.52 Å². The normalized spacial score (nSPS) is 11.2. The van der Waals surface area contributed by atoms with Gasteiger partial charge in [-0.25, -0.2) is 4.98 Å². The second-order valence-electron chi connectivity index (χ2n) is 4.79. The molecule has 2 aromatic carbocycles. The van der Waals surface area contributed by atoms with E-state index >= 15 is 0 Å². The van der Waals surface area contributed by atoms with Crippen LogP contribution in [0.5, 0.6) is 5.75 Å². The second-order valence-corrected chi connectivity index (χ2v) is 6.06. The Morgan fingerprint density at radius 1 is 1.23 bits per heavy atom. The minimum atomic E-state index is 0.830. The summed E-state index contributed by atoms with van der Waals surface area (Å²) in [4.78, 5) is 4.69. The standard InChI is InChI=1S/C17H17N2OPS/c1-2-3-10-18-13-6-4-12(5-7-13)17-19-15-9-8-14(20-21)11-16(15)22-17/h2-9,11,18H,10,21H2,1H3/b3-2+. The largest absolute Gasteiger partial charge is 0.480 e. The Kier molecular flexibility index (Phi) is 4.71. The summed E-state index contributed by atoms with van der Waals surface area (Å²) >= 11 is 1.68. The number of nitrogens with one attached hydrogen (secondary N) is 1. The Morgan fingerprint density at radius 2 is 2.05 bits per heavy atom. The monoisotopic (exact) mass is 328 g/mol. The molecule has 0 aliphatic carbocycles. The van der Waals surface area contributed by atoms with Gasteiger partial charge in [0.2, 0.25) is 0 Å². The summed E-state index contributed by atoms with van der Waals surface area (Å²) in [7, 11) is 2.27. The summed E-state index contributed by atoms with van der Waals surface area (Å²) in [5.74, 6) is 0.830. The van der Waals surface area contributed by atoms with Crippen LogP contribution >= 0.6 is 20.8 Å². The van der Waals surface area contributed by atoms with Crippen LogP contribution in [0.1, 0.15) is 6.92 Å². The lowest BCUT2D eigenvalue weighted by Gasteiger charge is -2.03. The van der Waals surface area contributed by atoms with Crippen molar-refractivity contribution in [2.24, 2.45) is 0 Å². The van der Waals surface area contributed by atoms with E-state index in [1.54, 1.807) is 11.3 Å². The number of benzene rings is 2. The van der Waals surface area contributed by atoms with Crippen LogP contribution in [-0.4, -0.2) is 11.5 Å². The predicted octanol–water partition coefficient (Wildman–Crippen LogP) is 5.12. The number of fused-ring (bicyclic) bond motifs is 1. The van der Waals surface area contributed by atoms with E-state index in [1.165, 1.54) is 0 Å². The van der Waals surface area contributed by atoms with Crippen LogP contribution in [0.4, 0.5) is 5.69 Å². The van der Waals surface area contributed by atoms with E-state index in [9.17, 15) is 0 Å². The van der Waals surface area contributed by atoms with E-state index in [0.29, 0.717) is 0 Å². The number of aromatic nitrogens is 1. The zero-order valence-electron chi connectivity index (χ0n) is 12.2. The van der Waals surface area contributed by atoms with Gasteiger partial charge in [-0.1, -0.05) is 12.2 Å². The van der Waals surface area contributed by atoms with E-state index in [1.807, 2.05) is 31.2 Å². The molecule has 3 rings (SSSR count). The Balaban J connectivity index is 1.84. The second kappa shape index (κ2) is 6.91. The molecule has 0 aliphatic rings. The van der Waals surface area contributed by atoms with Gasteiger partial charge in [0.25, 0.3) is 0 Å². The molecule has 0 spiro atoms. The van der Waals surface area contributed by atoms with Crippen molar-refractivity contribution >= 4 is 36.7 Å². The fraction of sp³-hybridized carbons (Fsp3) is 0.118. The third-order valence-electron chi connectivity index (χ3n) is 3.29. The summed E-state index contributed by atoms with van der Waals surface area (Å²) in [6.45, 7) is 2.86. The maximum Gasteiger partial charge on any atom is 0.124 e. The summed E-state index contributed by atoms with van der Waals surface area (Å²) in [5, 5.41) is 4.37. The molecule has 0 bridgehead atoms. The van der Waals surface area contributed by atoms with Crippen LogP contribution in [0.3, 0.4) is 0 Å². The van der Waals surface area contributed by atoms with Crippen LogP contribution in [0.25, 0.3) is 20.8 Å². The van der Waals surface area contributed by atoms with Crippen molar-refractivity contribution in [1.82, 2.24) is 4.98 Å². The quantitative estimate of drug-likeness (QED) is 0.521. The lowest BCUT2D eigenvalue weighted by molar-refractivity contribution is 0.647. The zero-order valence-corrected chi connectivity index (χ0v) is 14.2. The molecule has 3 nitrogen and oxygen atoms in total. The molecule has 1 N–H and O–H groups in total. The third-order valence-corrected chi connectivity index (χ3v) is 4.63. The molecule has 0 fully saturated rings. The summed E-state index contributed by atoms with van der Waals surface area (Å²) < 4.78 is 6.31. The molecule has 1 unspecified atom stereocenters. The highest BCUT2D eigenvalue weighted by Gasteiger charge is 2.07. The molecule has 3 aromatic rings. The first kappa shape index (κ1) is 15.0. The van der Waals surface area contributed by atoms with Crippen molar-refractivity contribution < 1.29 is 4.52 Å². The maximum atomic E-state index is 5.18. The number of allylic oxidation sites excluding steroid dienone is 1. The molecule has 0 amide bonds. The molecule has 22 heavy (non-hydrogen) atoms. The van der Waals surface area contributed by atoms with Crippen LogP contribution in [-0.2, 0) is 0 Å². The van der Waals surface area contributed by atoms with Gasteiger partial charge in [0.1, 0.15) is 10.8 Å². The molecular formula is C17H17N2OPS. The SMILES string of the molecule is C/C=C/CNc1ccc(-c2nc3ccc(OP)cc3s2)cc1. The number of hydrogen-bond donors (Lipinski definition) is 1. The average molecular weight is 328 g/mol. The van der Waals surface area contributed by atoms with Crippen LogP contribution in [0, 0.1) is 0 Å². The van der Waals surface area contributed by atoms with E-state index in [-0.39, 0.29) is 0 Å². The van der Waals surface area contributed by atoms with Crippen molar-refractivity contribution in [3.05, 3.63) is 54.6 Å². The molecular weight excluding hydrogens is 311 g/mol. The van der Waals surface area contributed by atoms with Crippen LogP contribution in [0.15, 0.2) is 54.6 Å². The van der Waals surface area contributed by atoms with Crippen molar-refractivity contribution in [1.29, 1.82) is 0 Å². The molecule has 0 radical (unpaired) electrons.